The van der Waals surface area contributed by atoms with Gasteiger partial charge in [0.1, 0.15) is 11.4 Å². The summed E-state index contributed by atoms with van der Waals surface area (Å²) in [6, 6.07) is 5.80. The number of aryl methyl sites for hydroxylation is 4. The summed E-state index contributed by atoms with van der Waals surface area (Å²) in [6.07, 6.45) is 3.86. The van der Waals surface area contributed by atoms with E-state index in [1.165, 1.54) is 27.6 Å². The number of fused-ring (bicyclic) bond motifs is 3. The minimum Gasteiger partial charge on any atom is -0.383 e. The third kappa shape index (κ3) is 4.09. The third-order valence-electron chi connectivity index (χ3n) is 5.80. The van der Waals surface area contributed by atoms with Crippen LogP contribution in [0.25, 0.3) is 10.2 Å². The minimum atomic E-state index is -0.469. The zero-order chi connectivity index (χ0) is 22.1. The summed E-state index contributed by atoms with van der Waals surface area (Å²) in [7, 11) is 1.53. The van der Waals surface area contributed by atoms with Crippen LogP contribution in [0.4, 0.5) is 5.69 Å². The molecule has 2 aromatic heterocycles. The van der Waals surface area contributed by atoms with E-state index in [2.05, 4.69) is 5.32 Å². The van der Waals surface area contributed by atoms with E-state index in [4.69, 9.17) is 4.74 Å². The van der Waals surface area contributed by atoms with E-state index in [1.807, 2.05) is 32.0 Å². The predicted octanol–water partition coefficient (Wildman–Crippen LogP) is 3.01. The number of amides is 1. The number of nitrogens with zero attached hydrogens (tertiary/aromatic N) is 2. The molecule has 31 heavy (non-hydrogen) atoms. The summed E-state index contributed by atoms with van der Waals surface area (Å²) in [5.41, 5.74) is 3.10. The molecule has 0 atom stereocenters. The molecule has 1 N–H and O–H groups in total. The SMILES string of the molecule is COCCn1c(=O)c2c3c(sc2n(CC(=O)Nc2ccc(C)cc2C)c1=O)CCCC3. The number of rotatable bonds is 6. The Kier molecular flexibility index (Phi) is 6.11. The van der Waals surface area contributed by atoms with Gasteiger partial charge in [-0.2, -0.15) is 0 Å². The number of benzene rings is 1. The number of carbonyl (C=O) groups is 1. The van der Waals surface area contributed by atoms with Crippen molar-refractivity contribution in [1.82, 2.24) is 9.13 Å². The topological polar surface area (TPSA) is 82.3 Å². The van der Waals surface area contributed by atoms with Crippen molar-refractivity contribution in [3.8, 4) is 0 Å². The Bertz CT molecular complexity index is 1270. The van der Waals surface area contributed by atoms with E-state index >= 15 is 0 Å². The molecular formula is C23H27N3O4S. The van der Waals surface area contributed by atoms with Crippen LogP contribution in [-0.4, -0.2) is 28.8 Å². The number of carbonyl (C=O) groups excluding carboxylic acids is 1. The third-order valence-corrected chi connectivity index (χ3v) is 7.11. The molecule has 1 aromatic carbocycles. The van der Waals surface area contributed by atoms with Crippen molar-refractivity contribution in [2.24, 2.45) is 0 Å². The Balaban J connectivity index is 1.78. The average molecular weight is 442 g/mol. The Labute approximate surface area is 184 Å². The molecule has 0 spiro atoms. The van der Waals surface area contributed by atoms with E-state index in [1.54, 1.807) is 0 Å². The molecular weight excluding hydrogens is 414 g/mol. The highest BCUT2D eigenvalue weighted by Gasteiger charge is 2.24. The van der Waals surface area contributed by atoms with Crippen LogP contribution in [0.3, 0.4) is 0 Å². The van der Waals surface area contributed by atoms with Crippen molar-refractivity contribution in [3.63, 3.8) is 0 Å². The van der Waals surface area contributed by atoms with Gasteiger partial charge in [-0.15, -0.1) is 11.3 Å². The Morgan fingerprint density at radius 1 is 1.16 bits per heavy atom. The van der Waals surface area contributed by atoms with Crippen molar-refractivity contribution in [2.75, 3.05) is 19.0 Å². The van der Waals surface area contributed by atoms with Gasteiger partial charge >= 0.3 is 5.69 Å². The van der Waals surface area contributed by atoms with Crippen LogP contribution in [-0.2, 0) is 35.5 Å². The molecule has 0 bridgehead atoms. The molecule has 4 rings (SSSR count). The van der Waals surface area contributed by atoms with Gasteiger partial charge in [-0.05, 0) is 56.7 Å². The van der Waals surface area contributed by atoms with Gasteiger partial charge in [-0.1, -0.05) is 17.7 Å². The van der Waals surface area contributed by atoms with Gasteiger partial charge in [0.05, 0.1) is 18.5 Å². The molecule has 8 heteroatoms. The molecule has 0 fully saturated rings. The van der Waals surface area contributed by atoms with Crippen LogP contribution in [0.2, 0.25) is 0 Å². The highest BCUT2D eigenvalue weighted by molar-refractivity contribution is 7.18. The second-order valence-corrected chi connectivity index (χ2v) is 9.16. The fraction of sp³-hybridized carbons (Fsp3) is 0.435. The molecule has 164 valence electrons. The zero-order valence-electron chi connectivity index (χ0n) is 18.1. The van der Waals surface area contributed by atoms with Crippen LogP contribution in [0, 0.1) is 13.8 Å². The van der Waals surface area contributed by atoms with Crippen molar-refractivity contribution in [3.05, 3.63) is 60.6 Å². The second kappa shape index (κ2) is 8.80. The van der Waals surface area contributed by atoms with Crippen molar-refractivity contribution < 1.29 is 9.53 Å². The minimum absolute atomic E-state index is 0.144. The van der Waals surface area contributed by atoms with Gasteiger partial charge in [-0.3, -0.25) is 18.7 Å². The first-order chi connectivity index (χ1) is 14.9. The molecule has 1 aliphatic carbocycles. The summed E-state index contributed by atoms with van der Waals surface area (Å²) >= 11 is 1.48. The highest BCUT2D eigenvalue weighted by Crippen LogP contribution is 2.34. The fourth-order valence-corrected chi connectivity index (χ4v) is 5.60. The standard InChI is InChI=1S/C23H27N3O4S/c1-14-8-9-17(15(2)12-14)24-19(27)13-26-22-20(16-6-4-5-7-18(16)31-22)21(28)25(23(26)29)10-11-30-3/h8-9,12H,4-7,10-11,13H2,1-3H3,(H,24,27). The Morgan fingerprint density at radius 2 is 1.94 bits per heavy atom. The quantitative estimate of drug-likeness (QED) is 0.638. The molecule has 0 radical (unpaired) electrons. The van der Waals surface area contributed by atoms with Crippen LogP contribution >= 0.6 is 11.3 Å². The van der Waals surface area contributed by atoms with Crippen LogP contribution in [0.1, 0.15) is 34.4 Å². The van der Waals surface area contributed by atoms with Crippen LogP contribution < -0.4 is 16.6 Å². The number of thiophene rings is 1. The van der Waals surface area contributed by atoms with Gasteiger partial charge < -0.3 is 10.1 Å². The number of hydrogen-bond acceptors (Lipinski definition) is 5. The highest BCUT2D eigenvalue weighted by atomic mass is 32.1. The molecule has 0 aliphatic heterocycles. The van der Waals surface area contributed by atoms with Crippen LogP contribution in [0.15, 0.2) is 27.8 Å². The van der Waals surface area contributed by atoms with Gasteiger partial charge in [0.2, 0.25) is 5.91 Å². The van der Waals surface area contributed by atoms with Crippen LogP contribution in [0.5, 0.6) is 0 Å². The molecule has 0 saturated carbocycles. The summed E-state index contributed by atoms with van der Waals surface area (Å²) in [5.74, 6) is -0.293. The first-order valence-electron chi connectivity index (χ1n) is 10.5. The number of nitrogens with one attached hydrogen (secondary N) is 1. The molecule has 3 aromatic rings. The Morgan fingerprint density at radius 3 is 2.68 bits per heavy atom. The first kappa shape index (κ1) is 21.5. The lowest BCUT2D eigenvalue weighted by molar-refractivity contribution is -0.116. The molecule has 0 saturated heterocycles. The maximum Gasteiger partial charge on any atom is 0.332 e. The van der Waals surface area contributed by atoms with Crippen molar-refractivity contribution in [2.45, 2.75) is 52.6 Å². The van der Waals surface area contributed by atoms with E-state index in [-0.39, 0.29) is 31.2 Å². The maximum absolute atomic E-state index is 13.2. The van der Waals surface area contributed by atoms with E-state index in [0.717, 1.165) is 52.9 Å². The monoisotopic (exact) mass is 441 g/mol. The molecule has 1 aliphatic rings. The largest absolute Gasteiger partial charge is 0.383 e. The van der Waals surface area contributed by atoms with Crippen molar-refractivity contribution >= 4 is 33.1 Å². The predicted molar refractivity (Wildman–Crippen MR) is 123 cm³/mol. The zero-order valence-corrected chi connectivity index (χ0v) is 18.9. The smallest absolute Gasteiger partial charge is 0.332 e. The molecule has 7 nitrogen and oxygen atoms in total. The van der Waals surface area contributed by atoms with E-state index < -0.39 is 5.69 Å². The normalized spacial score (nSPS) is 13.4. The maximum atomic E-state index is 13.2. The van der Waals surface area contributed by atoms with Gasteiger partial charge in [-0.25, -0.2) is 4.79 Å². The van der Waals surface area contributed by atoms with E-state index in [0.29, 0.717) is 10.2 Å². The fourth-order valence-electron chi connectivity index (χ4n) is 4.22. The number of methoxy groups -OCH3 is 1. The first-order valence-corrected chi connectivity index (χ1v) is 11.4. The van der Waals surface area contributed by atoms with Gasteiger partial charge in [0.25, 0.3) is 5.56 Å². The number of hydrogen-bond donors (Lipinski definition) is 1. The van der Waals surface area contributed by atoms with Crippen molar-refractivity contribution in [1.29, 1.82) is 0 Å². The molecule has 1 amide bonds. The number of aromatic nitrogens is 2. The molecule has 2 heterocycles. The Hall–Kier alpha value is -2.71. The van der Waals surface area contributed by atoms with Gasteiger partial charge in [0, 0.05) is 17.7 Å². The van der Waals surface area contributed by atoms with E-state index in [9.17, 15) is 14.4 Å². The summed E-state index contributed by atoms with van der Waals surface area (Å²) in [6.45, 7) is 4.20. The second-order valence-electron chi connectivity index (χ2n) is 8.08. The molecule has 0 unspecified atom stereocenters. The average Bonchev–Trinajstić information content (AvgIpc) is 3.13. The summed E-state index contributed by atoms with van der Waals surface area (Å²) in [4.78, 5) is 41.1. The van der Waals surface area contributed by atoms with Gasteiger partial charge in [0.15, 0.2) is 0 Å². The summed E-state index contributed by atoms with van der Waals surface area (Å²) in [5, 5.41) is 3.50. The lowest BCUT2D eigenvalue weighted by atomic mass is 9.97. The number of ether oxygens (including phenoxy) is 1. The lowest BCUT2D eigenvalue weighted by Crippen LogP contribution is -2.42. The number of anilines is 1. The summed E-state index contributed by atoms with van der Waals surface area (Å²) < 4.78 is 7.76. The lowest BCUT2D eigenvalue weighted by Gasteiger charge is -2.14.